The zero-order valence-corrected chi connectivity index (χ0v) is 13.3. The van der Waals surface area contributed by atoms with Crippen LogP contribution in [0.2, 0.25) is 0 Å². The fraction of sp³-hybridized carbons (Fsp3) is 0.222. The highest BCUT2D eigenvalue weighted by molar-refractivity contribution is 5.92. The predicted octanol–water partition coefficient (Wildman–Crippen LogP) is 1.89. The van der Waals surface area contributed by atoms with Crippen LogP contribution in [0.15, 0.2) is 61.1 Å². The average Bonchev–Trinajstić information content (AvgIpc) is 3.27. The van der Waals surface area contributed by atoms with Gasteiger partial charge in [-0.2, -0.15) is 5.10 Å². The van der Waals surface area contributed by atoms with Gasteiger partial charge in [-0.3, -0.25) is 9.48 Å². The minimum Gasteiger partial charge on any atom is -0.395 e. The summed E-state index contributed by atoms with van der Waals surface area (Å²) in [5.74, 6) is -0.134. The summed E-state index contributed by atoms with van der Waals surface area (Å²) in [6.45, 7) is 1.30. The zero-order chi connectivity index (χ0) is 16.8. The summed E-state index contributed by atoms with van der Waals surface area (Å²) in [6.07, 6.45) is 5.40. The molecule has 6 heteroatoms. The first-order valence-corrected chi connectivity index (χ1v) is 7.85. The molecule has 2 heterocycles. The monoisotopic (exact) mass is 324 g/mol. The number of amides is 1. The van der Waals surface area contributed by atoms with E-state index in [4.69, 9.17) is 0 Å². The minimum atomic E-state index is -0.134. The van der Waals surface area contributed by atoms with E-state index in [0.29, 0.717) is 18.8 Å². The van der Waals surface area contributed by atoms with Crippen molar-refractivity contribution >= 4 is 5.91 Å². The number of nitrogens with one attached hydrogen (secondary N) is 1. The number of aromatic nitrogens is 3. The summed E-state index contributed by atoms with van der Waals surface area (Å²) in [4.78, 5) is 17.0. The highest BCUT2D eigenvalue weighted by Crippen LogP contribution is 2.10. The zero-order valence-electron chi connectivity index (χ0n) is 13.3. The lowest BCUT2D eigenvalue weighted by atomic mass is 10.2. The normalized spacial score (nSPS) is 10.7. The van der Waals surface area contributed by atoms with Gasteiger partial charge in [0.1, 0.15) is 5.69 Å². The number of carbonyl (C=O) groups is 1. The van der Waals surface area contributed by atoms with Crippen LogP contribution in [0.5, 0.6) is 0 Å². The van der Waals surface area contributed by atoms with E-state index in [1.54, 1.807) is 29.4 Å². The van der Waals surface area contributed by atoms with E-state index in [9.17, 15) is 9.90 Å². The summed E-state index contributed by atoms with van der Waals surface area (Å²) in [7, 11) is 0. The molecule has 3 aromatic rings. The van der Waals surface area contributed by atoms with Crippen LogP contribution in [0, 0.1) is 0 Å². The van der Waals surface area contributed by atoms with Gasteiger partial charge in [0.15, 0.2) is 0 Å². The number of hydrogen-bond donors (Lipinski definition) is 2. The number of carbonyl (C=O) groups excluding carboxylic acids is 1. The van der Waals surface area contributed by atoms with Crippen molar-refractivity contribution in [3.63, 3.8) is 0 Å². The van der Waals surface area contributed by atoms with Crippen LogP contribution in [-0.4, -0.2) is 43.8 Å². The molecule has 0 bridgehead atoms. The van der Waals surface area contributed by atoms with Gasteiger partial charge >= 0.3 is 0 Å². The quantitative estimate of drug-likeness (QED) is 0.697. The predicted molar refractivity (Wildman–Crippen MR) is 90.4 cm³/mol. The molecule has 1 amide bonds. The highest BCUT2D eigenvalue weighted by atomic mass is 16.3. The Morgan fingerprint density at radius 2 is 2.00 bits per heavy atom. The molecule has 0 aliphatic carbocycles. The fourth-order valence-electron chi connectivity index (χ4n) is 2.57. The lowest BCUT2D eigenvalue weighted by molar-refractivity contribution is 0.0702. The number of rotatable bonds is 7. The first-order chi connectivity index (χ1) is 11.8. The second-order valence-corrected chi connectivity index (χ2v) is 5.57. The Labute approximate surface area is 140 Å². The average molecular weight is 324 g/mol. The molecular formula is C18H20N4O2. The molecule has 0 saturated heterocycles. The Hall–Kier alpha value is -2.86. The maximum atomic E-state index is 12.5. The second kappa shape index (κ2) is 7.61. The number of nitrogens with zero attached hydrogens (tertiary/aromatic N) is 3. The molecule has 0 unspecified atom stereocenters. The van der Waals surface area contributed by atoms with Crippen molar-refractivity contribution in [2.75, 3.05) is 13.2 Å². The molecule has 0 atom stereocenters. The van der Waals surface area contributed by atoms with E-state index >= 15 is 0 Å². The smallest absolute Gasteiger partial charge is 0.270 e. The van der Waals surface area contributed by atoms with E-state index in [2.05, 4.69) is 10.1 Å². The Bertz CT molecular complexity index is 765. The van der Waals surface area contributed by atoms with Gasteiger partial charge < -0.3 is 15.0 Å². The van der Waals surface area contributed by atoms with Crippen LogP contribution in [-0.2, 0) is 13.1 Å². The molecule has 2 N–H and O–H groups in total. The molecule has 0 fully saturated rings. The minimum absolute atomic E-state index is 0.0788. The highest BCUT2D eigenvalue weighted by Gasteiger charge is 2.17. The number of benzene rings is 1. The van der Waals surface area contributed by atoms with Crippen LogP contribution < -0.4 is 0 Å². The third-order valence-electron chi connectivity index (χ3n) is 3.73. The molecule has 0 aliphatic rings. The third kappa shape index (κ3) is 3.91. The molecule has 124 valence electrons. The van der Waals surface area contributed by atoms with E-state index in [1.807, 2.05) is 41.2 Å². The summed E-state index contributed by atoms with van der Waals surface area (Å²) in [5, 5.41) is 13.6. The Morgan fingerprint density at radius 3 is 2.71 bits per heavy atom. The summed E-state index contributed by atoms with van der Waals surface area (Å²) >= 11 is 0. The first kappa shape index (κ1) is 16.0. The molecule has 1 aromatic carbocycles. The Balaban J connectivity index is 1.68. The van der Waals surface area contributed by atoms with Crippen LogP contribution in [0.25, 0.3) is 0 Å². The molecule has 0 spiro atoms. The van der Waals surface area contributed by atoms with Gasteiger partial charge in [0.25, 0.3) is 5.91 Å². The summed E-state index contributed by atoms with van der Waals surface area (Å²) < 4.78 is 1.85. The summed E-state index contributed by atoms with van der Waals surface area (Å²) in [5.41, 5.74) is 2.61. The van der Waals surface area contributed by atoms with Gasteiger partial charge in [0.2, 0.25) is 0 Å². The van der Waals surface area contributed by atoms with Crippen LogP contribution in [0.1, 0.15) is 21.6 Å². The van der Waals surface area contributed by atoms with Crippen molar-refractivity contribution < 1.29 is 9.90 Å². The SMILES string of the molecule is O=C(c1ccc[nH]1)N(CCO)Cc1cnn(Cc2ccccc2)c1. The van der Waals surface area contributed by atoms with Gasteiger partial charge in [-0.25, -0.2) is 0 Å². The van der Waals surface area contributed by atoms with E-state index in [1.165, 1.54) is 5.56 Å². The van der Waals surface area contributed by atoms with Gasteiger partial charge in [0, 0.05) is 31.0 Å². The number of hydrogen-bond acceptors (Lipinski definition) is 3. The first-order valence-electron chi connectivity index (χ1n) is 7.85. The van der Waals surface area contributed by atoms with Crippen LogP contribution >= 0.6 is 0 Å². The van der Waals surface area contributed by atoms with Crippen molar-refractivity contribution in [1.82, 2.24) is 19.7 Å². The van der Waals surface area contributed by atoms with Crippen molar-refractivity contribution in [3.8, 4) is 0 Å². The largest absolute Gasteiger partial charge is 0.395 e. The van der Waals surface area contributed by atoms with Crippen molar-refractivity contribution in [3.05, 3.63) is 77.9 Å². The lowest BCUT2D eigenvalue weighted by Gasteiger charge is -2.20. The second-order valence-electron chi connectivity index (χ2n) is 5.57. The molecule has 24 heavy (non-hydrogen) atoms. The molecule has 0 saturated carbocycles. The van der Waals surface area contributed by atoms with Crippen molar-refractivity contribution in [2.45, 2.75) is 13.1 Å². The standard InChI is InChI=1S/C18H20N4O2/c23-10-9-21(18(24)17-7-4-8-19-17)12-16-11-20-22(14-16)13-15-5-2-1-3-6-15/h1-8,11,14,19,23H,9-10,12-13H2. The van der Waals surface area contributed by atoms with Crippen molar-refractivity contribution in [1.29, 1.82) is 0 Å². The topological polar surface area (TPSA) is 74.2 Å². The van der Waals surface area contributed by atoms with Gasteiger partial charge in [-0.15, -0.1) is 0 Å². The lowest BCUT2D eigenvalue weighted by Crippen LogP contribution is -2.33. The van der Waals surface area contributed by atoms with Crippen molar-refractivity contribution in [2.24, 2.45) is 0 Å². The molecule has 2 aromatic heterocycles. The number of aromatic amines is 1. The van der Waals surface area contributed by atoms with Gasteiger partial charge in [-0.05, 0) is 17.7 Å². The molecular weight excluding hydrogens is 304 g/mol. The van der Waals surface area contributed by atoms with E-state index in [0.717, 1.165) is 5.56 Å². The van der Waals surface area contributed by atoms with E-state index in [-0.39, 0.29) is 19.1 Å². The Kier molecular flexibility index (Phi) is 5.08. The molecule has 3 rings (SSSR count). The van der Waals surface area contributed by atoms with Gasteiger partial charge in [-0.1, -0.05) is 30.3 Å². The van der Waals surface area contributed by atoms with Crippen LogP contribution in [0.4, 0.5) is 0 Å². The Morgan fingerprint density at radius 1 is 1.17 bits per heavy atom. The molecule has 0 radical (unpaired) electrons. The fourth-order valence-corrected chi connectivity index (χ4v) is 2.57. The van der Waals surface area contributed by atoms with E-state index < -0.39 is 0 Å². The summed E-state index contributed by atoms with van der Waals surface area (Å²) in [6, 6.07) is 13.6. The molecule has 6 nitrogen and oxygen atoms in total. The number of H-pyrrole nitrogens is 1. The number of aliphatic hydroxyl groups is 1. The maximum Gasteiger partial charge on any atom is 0.270 e. The van der Waals surface area contributed by atoms with Gasteiger partial charge in [0.05, 0.1) is 19.3 Å². The number of aliphatic hydroxyl groups excluding tert-OH is 1. The third-order valence-corrected chi connectivity index (χ3v) is 3.73. The van der Waals surface area contributed by atoms with Crippen LogP contribution in [0.3, 0.4) is 0 Å². The maximum absolute atomic E-state index is 12.5. The molecule has 0 aliphatic heterocycles.